The first kappa shape index (κ1) is 12.4. The van der Waals surface area contributed by atoms with Crippen LogP contribution in [0.2, 0.25) is 0 Å². The van der Waals surface area contributed by atoms with Gasteiger partial charge in [-0.25, -0.2) is 13.9 Å². The summed E-state index contributed by atoms with van der Waals surface area (Å²) < 4.78 is 25.9. The van der Waals surface area contributed by atoms with Crippen LogP contribution >= 0.6 is 12.2 Å². The Balaban J connectivity index is 2.38. The van der Waals surface area contributed by atoms with Crippen LogP contribution in [0.4, 0.5) is 8.78 Å². The van der Waals surface area contributed by atoms with Gasteiger partial charge < -0.3 is 5.11 Å². The molecule has 0 unspecified atom stereocenters. The number of phenolic OH excluding ortho intramolecular Hbond substituents is 1. The van der Waals surface area contributed by atoms with E-state index in [2.05, 4.69) is 15.3 Å². The molecule has 1 aromatic carbocycles. The number of nitrogens with one attached hydrogen (secondary N) is 1. The van der Waals surface area contributed by atoms with Gasteiger partial charge in [0.15, 0.2) is 0 Å². The number of halogens is 2. The van der Waals surface area contributed by atoms with Crippen LogP contribution in [0.15, 0.2) is 29.4 Å². The Kier molecular flexibility index (Phi) is 3.47. The van der Waals surface area contributed by atoms with Crippen LogP contribution in [0.25, 0.3) is 0 Å². The molecule has 0 saturated heterocycles. The number of hydrogen-bond donors (Lipinski definition) is 2. The number of para-hydroxylation sites is 1. The van der Waals surface area contributed by atoms with Crippen LogP contribution in [0.3, 0.4) is 0 Å². The third kappa shape index (κ3) is 2.43. The van der Waals surface area contributed by atoms with Crippen molar-refractivity contribution in [1.29, 1.82) is 0 Å². The lowest BCUT2D eigenvalue weighted by Gasteiger charge is -1.99. The third-order valence-electron chi connectivity index (χ3n) is 2.12. The van der Waals surface area contributed by atoms with E-state index in [1.54, 1.807) is 18.2 Å². The normalized spacial score (nSPS) is 11.5. The van der Waals surface area contributed by atoms with Crippen molar-refractivity contribution in [1.82, 2.24) is 14.9 Å². The van der Waals surface area contributed by atoms with Gasteiger partial charge in [-0.05, 0) is 24.4 Å². The fraction of sp³-hybridized carbons (Fsp3) is 0.100. The second kappa shape index (κ2) is 5.05. The van der Waals surface area contributed by atoms with E-state index in [9.17, 15) is 13.9 Å². The number of phenols is 1. The van der Waals surface area contributed by atoms with Crippen molar-refractivity contribution in [3.8, 4) is 5.75 Å². The summed E-state index contributed by atoms with van der Waals surface area (Å²) in [5.74, 6) is -0.582. The number of rotatable bonds is 3. The minimum atomic E-state index is -2.79. The van der Waals surface area contributed by atoms with E-state index < -0.39 is 12.2 Å². The number of hydrogen-bond acceptors (Lipinski definition) is 4. The highest BCUT2D eigenvalue weighted by Crippen LogP contribution is 2.17. The molecular weight excluding hydrogens is 262 g/mol. The molecule has 2 aromatic rings. The highest BCUT2D eigenvalue weighted by Gasteiger charge is 2.15. The standard InChI is InChI=1S/C10H8F2N4OS/c11-8(12)9-14-15-10(18)16(9)13-5-6-3-1-2-4-7(6)17/h1-5,8,17H,(H,15,18)/b13-5-. The largest absolute Gasteiger partial charge is 0.507 e. The lowest BCUT2D eigenvalue weighted by atomic mass is 10.2. The fourth-order valence-electron chi connectivity index (χ4n) is 1.27. The molecule has 0 spiro atoms. The zero-order chi connectivity index (χ0) is 13.1. The first-order valence-electron chi connectivity index (χ1n) is 4.87. The lowest BCUT2D eigenvalue weighted by Crippen LogP contribution is -1.99. The lowest BCUT2D eigenvalue weighted by molar-refractivity contribution is 0.136. The maximum Gasteiger partial charge on any atom is 0.299 e. The molecular formula is C10H8F2N4OS. The van der Waals surface area contributed by atoms with Crippen LogP contribution in [-0.2, 0) is 0 Å². The van der Waals surface area contributed by atoms with Crippen molar-refractivity contribution < 1.29 is 13.9 Å². The Morgan fingerprint density at radius 1 is 1.44 bits per heavy atom. The van der Waals surface area contributed by atoms with Gasteiger partial charge in [0.1, 0.15) is 5.75 Å². The average molecular weight is 270 g/mol. The Morgan fingerprint density at radius 3 is 2.83 bits per heavy atom. The second-order valence-electron chi connectivity index (χ2n) is 3.30. The second-order valence-corrected chi connectivity index (χ2v) is 3.69. The van der Waals surface area contributed by atoms with Gasteiger partial charge in [-0.15, -0.1) is 0 Å². The molecule has 0 saturated carbocycles. The molecule has 0 aliphatic rings. The smallest absolute Gasteiger partial charge is 0.299 e. The van der Waals surface area contributed by atoms with Crippen molar-refractivity contribution >= 4 is 18.4 Å². The quantitative estimate of drug-likeness (QED) is 0.665. The third-order valence-corrected chi connectivity index (χ3v) is 2.38. The zero-order valence-corrected chi connectivity index (χ0v) is 9.73. The van der Waals surface area contributed by atoms with Gasteiger partial charge >= 0.3 is 0 Å². The van der Waals surface area contributed by atoms with Crippen molar-refractivity contribution in [3.05, 3.63) is 40.4 Å². The minimum absolute atomic E-state index is 0.00476. The molecule has 5 nitrogen and oxygen atoms in total. The van der Waals surface area contributed by atoms with Crippen molar-refractivity contribution in [2.75, 3.05) is 0 Å². The van der Waals surface area contributed by atoms with E-state index in [1.165, 1.54) is 12.3 Å². The van der Waals surface area contributed by atoms with Crippen LogP contribution in [0.1, 0.15) is 17.8 Å². The van der Waals surface area contributed by atoms with E-state index in [0.29, 0.717) is 5.56 Å². The summed E-state index contributed by atoms with van der Waals surface area (Å²) in [6.07, 6.45) is -1.56. The number of aromatic hydroxyl groups is 1. The summed E-state index contributed by atoms with van der Waals surface area (Å²) in [7, 11) is 0. The molecule has 2 N–H and O–H groups in total. The molecule has 1 aromatic heterocycles. The maximum atomic E-state index is 12.6. The zero-order valence-electron chi connectivity index (χ0n) is 8.92. The van der Waals surface area contributed by atoms with E-state index >= 15 is 0 Å². The van der Waals surface area contributed by atoms with Gasteiger partial charge in [-0.1, -0.05) is 12.1 Å². The number of nitrogens with zero attached hydrogens (tertiary/aromatic N) is 3. The summed E-state index contributed by atoms with van der Waals surface area (Å²) in [6.45, 7) is 0. The maximum absolute atomic E-state index is 12.6. The highest BCUT2D eigenvalue weighted by molar-refractivity contribution is 7.71. The molecule has 0 atom stereocenters. The Hall–Kier alpha value is -2.09. The van der Waals surface area contributed by atoms with Gasteiger partial charge in [0, 0.05) is 5.56 Å². The molecule has 0 aliphatic carbocycles. The molecule has 0 radical (unpaired) electrons. The number of aromatic nitrogens is 3. The summed E-state index contributed by atoms with van der Waals surface area (Å²) >= 11 is 4.78. The van der Waals surface area contributed by atoms with Crippen LogP contribution in [0.5, 0.6) is 5.75 Å². The van der Waals surface area contributed by atoms with E-state index in [1.807, 2.05) is 0 Å². The van der Waals surface area contributed by atoms with Crippen LogP contribution in [0, 0.1) is 4.77 Å². The highest BCUT2D eigenvalue weighted by atomic mass is 32.1. The summed E-state index contributed by atoms with van der Waals surface area (Å²) in [4.78, 5) is 0. The molecule has 1 heterocycles. The molecule has 18 heavy (non-hydrogen) atoms. The van der Waals surface area contributed by atoms with Crippen molar-refractivity contribution in [2.24, 2.45) is 5.10 Å². The SMILES string of the molecule is Oc1ccccc1/C=N\n1c(C(F)F)n[nH]c1=S. The predicted octanol–water partition coefficient (Wildman–Crippen LogP) is 2.47. The molecule has 94 valence electrons. The molecule has 2 rings (SSSR count). The summed E-state index contributed by atoms with van der Waals surface area (Å²) in [6, 6.07) is 6.37. The molecule has 0 bridgehead atoms. The minimum Gasteiger partial charge on any atom is -0.507 e. The van der Waals surface area contributed by atoms with Gasteiger partial charge in [0.2, 0.25) is 10.6 Å². The molecule has 8 heteroatoms. The Bertz CT molecular complexity index is 635. The first-order chi connectivity index (χ1) is 8.59. The molecule has 0 fully saturated rings. The predicted molar refractivity (Wildman–Crippen MR) is 63.5 cm³/mol. The summed E-state index contributed by atoms with van der Waals surface area (Å²) in [5, 5.41) is 18.9. The van der Waals surface area contributed by atoms with Gasteiger partial charge in [-0.2, -0.15) is 14.9 Å². The number of aromatic amines is 1. The fourth-order valence-corrected chi connectivity index (χ4v) is 1.46. The Labute approximate surface area is 105 Å². The number of alkyl halides is 2. The Morgan fingerprint density at radius 2 is 2.17 bits per heavy atom. The van der Waals surface area contributed by atoms with Crippen LogP contribution < -0.4 is 0 Å². The van der Waals surface area contributed by atoms with Gasteiger partial charge in [0.05, 0.1) is 6.21 Å². The van der Waals surface area contributed by atoms with Crippen molar-refractivity contribution in [3.63, 3.8) is 0 Å². The van der Waals surface area contributed by atoms with Crippen LogP contribution in [-0.4, -0.2) is 26.2 Å². The number of H-pyrrole nitrogens is 1. The summed E-state index contributed by atoms with van der Waals surface area (Å²) in [5.41, 5.74) is 0.390. The number of benzene rings is 1. The van der Waals surface area contributed by atoms with Crippen molar-refractivity contribution in [2.45, 2.75) is 6.43 Å². The van der Waals surface area contributed by atoms with E-state index in [4.69, 9.17) is 12.2 Å². The topological polar surface area (TPSA) is 66.2 Å². The monoisotopic (exact) mass is 270 g/mol. The van der Waals surface area contributed by atoms with Gasteiger partial charge in [0.25, 0.3) is 6.43 Å². The van der Waals surface area contributed by atoms with E-state index in [-0.39, 0.29) is 10.5 Å². The molecule has 0 amide bonds. The first-order valence-corrected chi connectivity index (χ1v) is 5.28. The molecule has 0 aliphatic heterocycles. The van der Waals surface area contributed by atoms with Gasteiger partial charge in [-0.3, -0.25) is 0 Å². The average Bonchev–Trinajstić information content (AvgIpc) is 2.70. The van der Waals surface area contributed by atoms with E-state index in [0.717, 1.165) is 4.68 Å².